The average Bonchev–Trinajstić information content (AvgIpc) is 3.96. The van der Waals surface area contributed by atoms with Crippen LogP contribution in [0.4, 0.5) is 4.79 Å². The number of rotatable bonds is 16. The van der Waals surface area contributed by atoms with Crippen LogP contribution in [-0.4, -0.2) is 81.8 Å². The Hall–Kier alpha value is -3.88. The lowest BCUT2D eigenvalue weighted by atomic mass is 9.85. The average molecular weight is 759 g/mol. The monoisotopic (exact) mass is 758 g/mol. The molecular formula is C38H58N6O8S. The molecule has 2 aromatic rings. The zero-order valence-electron chi connectivity index (χ0n) is 32.3. The number of imidazole rings is 1. The van der Waals surface area contributed by atoms with E-state index in [-0.39, 0.29) is 24.8 Å². The summed E-state index contributed by atoms with van der Waals surface area (Å²) in [7, 11) is -3.70. The van der Waals surface area contributed by atoms with Crippen molar-refractivity contribution in [1.29, 1.82) is 0 Å². The van der Waals surface area contributed by atoms with Crippen molar-refractivity contribution in [3.05, 3.63) is 24.3 Å². The number of nitrogens with two attached hydrogens (primary N) is 1. The molecule has 5 atom stereocenters. The Balaban J connectivity index is 1.19. The normalized spacial score (nSPS) is 23.0. The molecule has 0 radical (unpaired) electrons. The number of hydrogen-bond donors (Lipinski definition) is 3. The van der Waals surface area contributed by atoms with Gasteiger partial charge in [0.2, 0.25) is 27.7 Å². The minimum absolute atomic E-state index is 0.0726. The Labute approximate surface area is 313 Å². The second-order valence-corrected chi connectivity index (χ2v) is 19.3. The number of carbonyl (C=O) groups is 4. The number of carbonyl (C=O) groups excluding carboxylic acids is 4. The van der Waals surface area contributed by atoms with Crippen molar-refractivity contribution in [3.63, 3.8) is 0 Å². The van der Waals surface area contributed by atoms with E-state index in [4.69, 9.17) is 20.2 Å². The summed E-state index contributed by atoms with van der Waals surface area (Å²) in [5, 5.41) is 2.71. The minimum atomic E-state index is -3.70. The number of aromatic nitrogens is 2. The summed E-state index contributed by atoms with van der Waals surface area (Å²) < 4.78 is 41.6. The maximum Gasteiger partial charge on any atom is 0.408 e. The lowest BCUT2D eigenvalue weighted by Gasteiger charge is -2.35. The van der Waals surface area contributed by atoms with Crippen molar-refractivity contribution in [2.75, 3.05) is 6.54 Å². The molecule has 4 N–H and O–H groups in total. The molecule has 3 fully saturated rings. The number of ether oxygens (including phenoxy) is 2. The largest absolute Gasteiger partial charge is 0.459 e. The van der Waals surface area contributed by atoms with Crippen molar-refractivity contribution < 1.29 is 37.1 Å². The smallest absolute Gasteiger partial charge is 0.408 e. The third kappa shape index (κ3) is 9.63. The SMILES string of the molecule is CCC1C[C@@H]1C(=O)NS(=O)(=O)C1(CCCCCCn2c(O[C@@H]3C[C@@H](C(N)=O)N(C(=O)C(NC(=O)OC(C)(C)C)C(C)(C)C)C3)nc3ccccc32)CC1. The van der Waals surface area contributed by atoms with Crippen LogP contribution in [0.25, 0.3) is 11.0 Å². The quantitative estimate of drug-likeness (QED) is 0.202. The van der Waals surface area contributed by atoms with Crippen LogP contribution in [-0.2, 0) is 35.7 Å². The fraction of sp³-hybridized carbons (Fsp3) is 0.711. The van der Waals surface area contributed by atoms with Crippen molar-refractivity contribution in [3.8, 4) is 6.01 Å². The fourth-order valence-corrected chi connectivity index (χ4v) is 9.03. The molecule has 294 valence electrons. The maximum absolute atomic E-state index is 14.0. The van der Waals surface area contributed by atoms with Crippen LogP contribution in [0.1, 0.15) is 113 Å². The van der Waals surface area contributed by atoms with Gasteiger partial charge >= 0.3 is 6.09 Å². The molecule has 53 heavy (non-hydrogen) atoms. The summed E-state index contributed by atoms with van der Waals surface area (Å²) in [6, 6.07) is 6.11. The Morgan fingerprint density at radius 1 is 1.02 bits per heavy atom. The molecule has 15 heteroatoms. The number of fused-ring (bicyclic) bond motifs is 1. The van der Waals surface area contributed by atoms with Gasteiger partial charge in [0, 0.05) is 18.9 Å². The van der Waals surface area contributed by atoms with Crippen molar-refractivity contribution in [2.24, 2.45) is 23.0 Å². The highest BCUT2D eigenvalue weighted by atomic mass is 32.2. The highest BCUT2D eigenvalue weighted by molar-refractivity contribution is 7.91. The van der Waals surface area contributed by atoms with Gasteiger partial charge in [-0.05, 0) is 76.3 Å². The first kappa shape index (κ1) is 40.3. The van der Waals surface area contributed by atoms with E-state index < -0.39 is 61.9 Å². The van der Waals surface area contributed by atoms with Crippen LogP contribution in [0.5, 0.6) is 6.01 Å². The summed E-state index contributed by atoms with van der Waals surface area (Å²) in [4.78, 5) is 58.0. The Bertz CT molecular complexity index is 1790. The number of sulfonamides is 1. The molecule has 3 aliphatic rings. The molecule has 1 saturated heterocycles. The Morgan fingerprint density at radius 2 is 1.70 bits per heavy atom. The van der Waals surface area contributed by atoms with E-state index in [0.717, 1.165) is 49.6 Å². The lowest BCUT2D eigenvalue weighted by molar-refractivity contribution is -0.141. The van der Waals surface area contributed by atoms with Gasteiger partial charge in [-0.25, -0.2) is 13.2 Å². The summed E-state index contributed by atoms with van der Waals surface area (Å²) in [5.41, 5.74) is 5.96. The topological polar surface area (TPSA) is 192 Å². The van der Waals surface area contributed by atoms with Gasteiger partial charge in [0.15, 0.2) is 0 Å². The molecule has 2 saturated carbocycles. The van der Waals surface area contributed by atoms with Crippen molar-refractivity contribution >= 4 is 44.9 Å². The van der Waals surface area contributed by atoms with Crippen molar-refractivity contribution in [2.45, 2.75) is 148 Å². The third-order valence-electron chi connectivity index (χ3n) is 10.7. The Kier molecular flexibility index (Phi) is 11.8. The van der Waals surface area contributed by atoms with Gasteiger partial charge in [-0.3, -0.25) is 23.7 Å². The van der Waals surface area contributed by atoms with Crippen LogP contribution >= 0.6 is 0 Å². The first-order valence-corrected chi connectivity index (χ1v) is 20.5. The second kappa shape index (κ2) is 15.5. The van der Waals surface area contributed by atoms with E-state index in [2.05, 4.69) is 10.0 Å². The molecule has 0 bridgehead atoms. The number of nitrogens with one attached hydrogen (secondary N) is 2. The fourth-order valence-electron chi connectivity index (χ4n) is 7.34. The summed E-state index contributed by atoms with van der Waals surface area (Å²) in [6.07, 6.45) is 5.40. The molecule has 2 unspecified atom stereocenters. The number of amides is 4. The zero-order valence-corrected chi connectivity index (χ0v) is 33.1. The van der Waals surface area contributed by atoms with E-state index in [1.165, 1.54) is 4.90 Å². The van der Waals surface area contributed by atoms with E-state index in [1.54, 1.807) is 20.8 Å². The number of hydrogen-bond acceptors (Lipinski definition) is 9. The minimum Gasteiger partial charge on any atom is -0.459 e. The van der Waals surface area contributed by atoms with Gasteiger partial charge in [-0.1, -0.05) is 65.5 Å². The molecule has 1 aromatic carbocycles. The zero-order chi connectivity index (χ0) is 38.9. The van der Waals surface area contributed by atoms with E-state index in [1.807, 2.05) is 56.5 Å². The predicted molar refractivity (Wildman–Crippen MR) is 200 cm³/mol. The standard InChI is InChI=1S/C38H58N6O8S/c1-8-24-21-26(24)32(46)42-53(49,50)38(18-19-38)17-13-9-10-14-20-43-28-16-12-11-15-27(28)40-34(43)51-25-22-29(31(39)45)44(23-25)33(47)30(36(2,3)4)41-35(48)52-37(5,6)7/h11-12,15-16,24-26,29-30H,8-10,13-14,17-23H2,1-7H3,(H2,39,45)(H,41,48)(H,42,46)/t24?,25-,26+,29+,30?/m1/s1. The summed E-state index contributed by atoms with van der Waals surface area (Å²) in [6.45, 7) is 13.4. The van der Waals surface area contributed by atoms with E-state index in [0.29, 0.717) is 37.7 Å². The first-order valence-electron chi connectivity index (χ1n) is 19.0. The summed E-state index contributed by atoms with van der Waals surface area (Å²) in [5.74, 6) is -1.35. The predicted octanol–water partition coefficient (Wildman–Crippen LogP) is 4.78. The number of aryl methyl sites for hydroxylation is 1. The van der Waals surface area contributed by atoms with Gasteiger partial charge < -0.3 is 25.4 Å². The molecule has 4 amide bonds. The number of benzene rings is 1. The van der Waals surface area contributed by atoms with Crippen LogP contribution in [0.15, 0.2) is 24.3 Å². The molecular weight excluding hydrogens is 701 g/mol. The maximum atomic E-state index is 14.0. The number of para-hydroxylation sites is 2. The van der Waals surface area contributed by atoms with Gasteiger partial charge in [0.25, 0.3) is 6.01 Å². The highest BCUT2D eigenvalue weighted by Crippen LogP contribution is 2.48. The summed E-state index contributed by atoms with van der Waals surface area (Å²) >= 11 is 0. The number of unbranched alkanes of at least 4 members (excludes halogenated alkanes) is 3. The number of likely N-dealkylation sites (tertiary alicyclic amines) is 1. The third-order valence-corrected chi connectivity index (χ3v) is 12.9. The van der Waals surface area contributed by atoms with E-state index in [9.17, 15) is 27.6 Å². The molecule has 5 rings (SSSR count). The van der Waals surface area contributed by atoms with Gasteiger partial charge in [-0.2, -0.15) is 4.98 Å². The van der Waals surface area contributed by atoms with Crippen molar-refractivity contribution in [1.82, 2.24) is 24.5 Å². The van der Waals surface area contributed by atoms with E-state index >= 15 is 0 Å². The lowest BCUT2D eigenvalue weighted by Crippen LogP contribution is -2.58. The van der Waals surface area contributed by atoms with Crippen LogP contribution in [0.2, 0.25) is 0 Å². The molecule has 1 aromatic heterocycles. The van der Waals surface area contributed by atoms with Gasteiger partial charge in [-0.15, -0.1) is 0 Å². The number of primary amides is 1. The number of nitrogens with zero attached hydrogens (tertiary/aromatic N) is 3. The van der Waals surface area contributed by atoms with Crippen LogP contribution in [0.3, 0.4) is 0 Å². The van der Waals surface area contributed by atoms with Gasteiger partial charge in [0.05, 0.1) is 22.3 Å². The first-order chi connectivity index (χ1) is 24.7. The van der Waals surface area contributed by atoms with Crippen LogP contribution < -0.4 is 20.5 Å². The molecule has 2 heterocycles. The highest BCUT2D eigenvalue weighted by Gasteiger charge is 2.55. The molecule has 14 nitrogen and oxygen atoms in total. The molecule has 2 aliphatic carbocycles. The molecule has 1 aliphatic heterocycles. The molecule has 0 spiro atoms. The van der Waals surface area contributed by atoms with Gasteiger partial charge in [0.1, 0.15) is 23.8 Å². The second-order valence-electron chi connectivity index (χ2n) is 17.2. The number of alkyl carbamates (subject to hydrolysis) is 1. The Morgan fingerprint density at radius 3 is 2.30 bits per heavy atom. The van der Waals surface area contributed by atoms with Crippen LogP contribution in [0, 0.1) is 17.3 Å².